The van der Waals surface area contributed by atoms with E-state index in [4.69, 9.17) is 9.47 Å². The summed E-state index contributed by atoms with van der Waals surface area (Å²) in [6.07, 6.45) is 1.39. The van der Waals surface area contributed by atoms with Gasteiger partial charge in [-0.15, -0.1) is 0 Å². The van der Waals surface area contributed by atoms with Crippen LogP contribution in [0.25, 0.3) is 0 Å². The molecule has 116 valence electrons. The Labute approximate surface area is 121 Å². The van der Waals surface area contributed by atoms with Crippen molar-refractivity contribution in [3.8, 4) is 0 Å². The molecule has 0 aromatic carbocycles. The van der Waals surface area contributed by atoms with E-state index in [9.17, 15) is 9.59 Å². The topological polar surface area (TPSA) is 64.6 Å². The molecular weight excluding hydrogens is 258 g/mol. The van der Waals surface area contributed by atoms with Crippen molar-refractivity contribution in [1.29, 1.82) is 0 Å². The van der Waals surface area contributed by atoms with Crippen LogP contribution in [0.1, 0.15) is 60.8 Å². The van der Waals surface area contributed by atoms with Gasteiger partial charge < -0.3 is 14.8 Å². The van der Waals surface area contributed by atoms with Crippen molar-refractivity contribution in [1.82, 2.24) is 5.32 Å². The van der Waals surface area contributed by atoms with Crippen molar-refractivity contribution in [2.24, 2.45) is 5.92 Å². The third kappa shape index (κ3) is 3.87. The molecule has 1 aliphatic heterocycles. The Kier molecular flexibility index (Phi) is 5.05. The van der Waals surface area contributed by atoms with Gasteiger partial charge in [-0.3, -0.25) is 0 Å². The van der Waals surface area contributed by atoms with Crippen molar-refractivity contribution in [3.05, 3.63) is 0 Å². The lowest BCUT2D eigenvalue weighted by molar-refractivity contribution is -0.196. The third-order valence-electron chi connectivity index (χ3n) is 3.17. The Morgan fingerprint density at radius 3 is 2.45 bits per heavy atom. The summed E-state index contributed by atoms with van der Waals surface area (Å²) < 4.78 is 10.5. The molecular formula is C15H27NO4. The number of carbonyl (C=O) groups excluding carboxylic acids is 2. The summed E-state index contributed by atoms with van der Waals surface area (Å²) in [5.74, 6) is -0.0762. The van der Waals surface area contributed by atoms with Crippen LogP contribution in [0.4, 0.5) is 4.79 Å². The van der Waals surface area contributed by atoms with E-state index >= 15 is 0 Å². The van der Waals surface area contributed by atoms with E-state index in [1.54, 1.807) is 20.8 Å². The van der Waals surface area contributed by atoms with Crippen LogP contribution >= 0.6 is 0 Å². The summed E-state index contributed by atoms with van der Waals surface area (Å²) in [7, 11) is 0. The number of ether oxygens (including phenoxy) is 2. The highest BCUT2D eigenvalue weighted by molar-refractivity contribution is 5.91. The maximum atomic E-state index is 12.0. The summed E-state index contributed by atoms with van der Waals surface area (Å²) in [5.41, 5.74) is -1.51. The van der Waals surface area contributed by atoms with Gasteiger partial charge in [0, 0.05) is 0 Å². The minimum absolute atomic E-state index is 0.255. The molecule has 20 heavy (non-hydrogen) atoms. The standard InChI is InChI=1S/C15H27NO4/c1-7-8-11-15(9-10(2)3,12(17)19-11)16-13(18)20-14(4,5)6/h10-11H,7-9H2,1-6H3,(H,16,18). The molecule has 0 aromatic heterocycles. The van der Waals surface area contributed by atoms with Crippen molar-refractivity contribution >= 4 is 12.1 Å². The lowest BCUT2D eigenvalue weighted by atomic mass is 9.78. The molecule has 1 saturated heterocycles. The minimum Gasteiger partial charge on any atom is -0.457 e. The fraction of sp³-hybridized carbons (Fsp3) is 0.867. The molecule has 0 radical (unpaired) electrons. The van der Waals surface area contributed by atoms with Gasteiger partial charge >= 0.3 is 12.1 Å². The molecule has 0 aliphatic carbocycles. The zero-order chi connectivity index (χ0) is 15.6. The van der Waals surface area contributed by atoms with Gasteiger partial charge in [0.05, 0.1) is 0 Å². The summed E-state index contributed by atoms with van der Waals surface area (Å²) >= 11 is 0. The highest BCUT2D eigenvalue weighted by Gasteiger charge is 2.59. The predicted molar refractivity (Wildman–Crippen MR) is 76.3 cm³/mol. The number of nitrogens with one attached hydrogen (secondary N) is 1. The van der Waals surface area contributed by atoms with Crippen LogP contribution in [-0.2, 0) is 14.3 Å². The Hall–Kier alpha value is -1.26. The molecule has 1 N–H and O–H groups in total. The molecule has 1 fully saturated rings. The van der Waals surface area contributed by atoms with Gasteiger partial charge in [0.1, 0.15) is 11.7 Å². The fourth-order valence-corrected chi connectivity index (χ4v) is 2.50. The first-order valence-electron chi connectivity index (χ1n) is 7.33. The third-order valence-corrected chi connectivity index (χ3v) is 3.17. The van der Waals surface area contributed by atoms with Crippen LogP contribution in [0.15, 0.2) is 0 Å². The Bertz CT molecular complexity index is 373. The van der Waals surface area contributed by atoms with Crippen molar-refractivity contribution < 1.29 is 19.1 Å². The Morgan fingerprint density at radius 1 is 1.45 bits per heavy atom. The highest BCUT2D eigenvalue weighted by atomic mass is 16.6. The van der Waals surface area contributed by atoms with E-state index in [0.29, 0.717) is 6.42 Å². The van der Waals surface area contributed by atoms with Crippen LogP contribution in [0.3, 0.4) is 0 Å². The molecule has 1 amide bonds. The molecule has 0 spiro atoms. The summed E-state index contributed by atoms with van der Waals surface area (Å²) in [5, 5.41) is 2.77. The van der Waals surface area contributed by atoms with E-state index in [-0.39, 0.29) is 18.0 Å². The fourth-order valence-electron chi connectivity index (χ4n) is 2.50. The summed E-state index contributed by atoms with van der Waals surface area (Å²) in [6.45, 7) is 11.5. The Balaban J connectivity index is 2.84. The monoisotopic (exact) mass is 285 g/mol. The normalized spacial score (nSPS) is 25.9. The van der Waals surface area contributed by atoms with Crippen LogP contribution < -0.4 is 5.32 Å². The van der Waals surface area contributed by atoms with Crippen molar-refractivity contribution in [2.45, 2.75) is 78.0 Å². The van der Waals surface area contributed by atoms with Gasteiger partial charge in [-0.05, 0) is 39.5 Å². The highest BCUT2D eigenvalue weighted by Crippen LogP contribution is 2.36. The van der Waals surface area contributed by atoms with Gasteiger partial charge in [-0.25, -0.2) is 9.59 Å². The lowest BCUT2D eigenvalue weighted by Gasteiger charge is -2.47. The Morgan fingerprint density at radius 2 is 2.05 bits per heavy atom. The van der Waals surface area contributed by atoms with E-state index in [1.807, 2.05) is 20.8 Å². The first-order valence-corrected chi connectivity index (χ1v) is 7.33. The maximum absolute atomic E-state index is 12.0. The molecule has 1 heterocycles. The maximum Gasteiger partial charge on any atom is 0.408 e. The van der Waals surface area contributed by atoms with Crippen LogP contribution in [0.2, 0.25) is 0 Å². The second-order valence-corrected chi connectivity index (χ2v) is 6.88. The molecule has 5 heteroatoms. The lowest BCUT2D eigenvalue weighted by Crippen LogP contribution is -2.72. The molecule has 0 saturated carbocycles. The number of esters is 1. The molecule has 1 aliphatic rings. The quantitative estimate of drug-likeness (QED) is 0.789. The van der Waals surface area contributed by atoms with Crippen LogP contribution in [0.5, 0.6) is 0 Å². The second kappa shape index (κ2) is 6.02. The first-order chi connectivity index (χ1) is 9.10. The summed E-state index contributed by atoms with van der Waals surface area (Å²) in [4.78, 5) is 24.0. The second-order valence-electron chi connectivity index (χ2n) is 6.88. The molecule has 0 bridgehead atoms. The largest absolute Gasteiger partial charge is 0.457 e. The van der Waals surface area contributed by atoms with Crippen LogP contribution in [0, 0.1) is 5.92 Å². The molecule has 1 rings (SSSR count). The van der Waals surface area contributed by atoms with Crippen LogP contribution in [-0.4, -0.2) is 29.3 Å². The molecule has 2 unspecified atom stereocenters. The van der Waals surface area contributed by atoms with Gasteiger partial charge in [0.2, 0.25) is 0 Å². The van der Waals surface area contributed by atoms with E-state index < -0.39 is 17.2 Å². The number of rotatable bonds is 5. The minimum atomic E-state index is -0.924. The predicted octanol–water partition coefficient (Wildman–Crippen LogP) is 3.02. The molecule has 2 atom stereocenters. The van der Waals surface area contributed by atoms with Crippen molar-refractivity contribution in [3.63, 3.8) is 0 Å². The number of carbonyl (C=O) groups is 2. The number of cyclic esters (lactones) is 1. The number of amides is 1. The SMILES string of the molecule is CCCC1OC(=O)C1(CC(C)C)NC(=O)OC(C)(C)C. The number of alkyl carbamates (subject to hydrolysis) is 1. The van der Waals surface area contributed by atoms with Gasteiger partial charge in [0.15, 0.2) is 5.54 Å². The van der Waals surface area contributed by atoms with Gasteiger partial charge in [-0.1, -0.05) is 27.2 Å². The van der Waals surface area contributed by atoms with E-state index in [2.05, 4.69) is 5.32 Å². The van der Waals surface area contributed by atoms with E-state index in [0.717, 1.165) is 12.8 Å². The number of hydrogen-bond acceptors (Lipinski definition) is 4. The average molecular weight is 285 g/mol. The molecule has 5 nitrogen and oxygen atoms in total. The smallest absolute Gasteiger partial charge is 0.408 e. The van der Waals surface area contributed by atoms with Crippen molar-refractivity contribution in [2.75, 3.05) is 0 Å². The zero-order valence-corrected chi connectivity index (χ0v) is 13.4. The van der Waals surface area contributed by atoms with Gasteiger partial charge in [-0.2, -0.15) is 0 Å². The van der Waals surface area contributed by atoms with E-state index in [1.165, 1.54) is 0 Å². The average Bonchev–Trinajstić information content (AvgIpc) is 2.24. The zero-order valence-electron chi connectivity index (χ0n) is 13.4. The van der Waals surface area contributed by atoms with Gasteiger partial charge in [0.25, 0.3) is 0 Å². The first kappa shape index (κ1) is 16.8. The molecule has 0 aromatic rings. The number of hydrogen-bond donors (Lipinski definition) is 1. The summed E-state index contributed by atoms with van der Waals surface area (Å²) in [6, 6.07) is 0.